The van der Waals surface area contributed by atoms with Crippen molar-refractivity contribution in [3.63, 3.8) is 0 Å². The van der Waals surface area contributed by atoms with E-state index in [0.717, 1.165) is 57.6 Å². The molecule has 0 bridgehead atoms. The molecular formula is C17H26N2O4S. The van der Waals surface area contributed by atoms with E-state index in [-0.39, 0.29) is 35.2 Å². The molecule has 1 spiro atoms. The zero-order valence-corrected chi connectivity index (χ0v) is 14.9. The Morgan fingerprint density at radius 2 is 2.00 bits per heavy atom. The summed E-state index contributed by atoms with van der Waals surface area (Å²) >= 11 is 1.91. The minimum atomic E-state index is 0.0684. The van der Waals surface area contributed by atoms with E-state index in [2.05, 4.69) is 0 Å². The Morgan fingerprint density at radius 1 is 1.21 bits per heavy atom. The van der Waals surface area contributed by atoms with E-state index in [1.165, 1.54) is 0 Å². The number of carbonyl (C=O) groups is 2. The van der Waals surface area contributed by atoms with Gasteiger partial charge in [-0.1, -0.05) is 0 Å². The lowest BCUT2D eigenvalue weighted by atomic mass is 9.91. The highest BCUT2D eigenvalue weighted by Gasteiger charge is 2.51. The molecule has 4 fully saturated rings. The number of rotatable bonds is 4. The minimum absolute atomic E-state index is 0.0684. The molecule has 0 aromatic heterocycles. The fourth-order valence-electron chi connectivity index (χ4n) is 4.17. The van der Waals surface area contributed by atoms with E-state index < -0.39 is 0 Å². The molecule has 0 aromatic carbocycles. The van der Waals surface area contributed by atoms with Crippen LogP contribution in [0.4, 0.5) is 0 Å². The minimum Gasteiger partial charge on any atom is -0.381 e. The Hall–Kier alpha value is -0.790. The molecule has 4 rings (SSSR count). The smallest absolute Gasteiger partial charge is 0.248 e. The van der Waals surface area contributed by atoms with E-state index in [4.69, 9.17) is 9.47 Å². The third-order valence-electron chi connectivity index (χ3n) is 5.63. The van der Waals surface area contributed by atoms with Crippen LogP contribution in [-0.4, -0.2) is 84.2 Å². The monoisotopic (exact) mass is 354 g/mol. The maximum atomic E-state index is 12.4. The number of thioether (sulfide) groups is 1. The molecule has 24 heavy (non-hydrogen) atoms. The van der Waals surface area contributed by atoms with Crippen molar-refractivity contribution in [1.29, 1.82) is 0 Å². The number of amides is 2. The van der Waals surface area contributed by atoms with E-state index in [1.807, 2.05) is 21.6 Å². The van der Waals surface area contributed by atoms with E-state index in [0.29, 0.717) is 13.2 Å². The van der Waals surface area contributed by atoms with Crippen LogP contribution in [0, 0.1) is 5.92 Å². The molecule has 0 aromatic rings. The summed E-state index contributed by atoms with van der Waals surface area (Å²) in [6.45, 7) is 4.93. The molecule has 4 saturated heterocycles. The maximum Gasteiger partial charge on any atom is 0.248 e. The van der Waals surface area contributed by atoms with Gasteiger partial charge in [-0.15, -0.1) is 11.8 Å². The second kappa shape index (κ2) is 6.84. The molecule has 0 aliphatic carbocycles. The Bertz CT molecular complexity index is 497. The first kappa shape index (κ1) is 16.7. The van der Waals surface area contributed by atoms with Gasteiger partial charge in [0.05, 0.1) is 23.4 Å². The van der Waals surface area contributed by atoms with Gasteiger partial charge in [0.1, 0.15) is 6.61 Å². The first-order valence-corrected chi connectivity index (χ1v) is 10.0. The van der Waals surface area contributed by atoms with Gasteiger partial charge in [-0.25, -0.2) is 0 Å². The van der Waals surface area contributed by atoms with E-state index in [1.54, 1.807) is 0 Å². The predicted molar refractivity (Wildman–Crippen MR) is 90.9 cm³/mol. The lowest BCUT2D eigenvalue weighted by Gasteiger charge is -2.48. The third kappa shape index (κ3) is 3.30. The van der Waals surface area contributed by atoms with Crippen molar-refractivity contribution < 1.29 is 19.1 Å². The molecule has 6 nitrogen and oxygen atoms in total. The Balaban J connectivity index is 1.20. The zero-order valence-electron chi connectivity index (χ0n) is 14.1. The first-order valence-electron chi connectivity index (χ1n) is 9.05. The highest BCUT2D eigenvalue weighted by atomic mass is 32.2. The van der Waals surface area contributed by atoms with Crippen molar-refractivity contribution in [2.24, 2.45) is 5.92 Å². The summed E-state index contributed by atoms with van der Waals surface area (Å²) in [5.74, 6) is 1.39. The van der Waals surface area contributed by atoms with E-state index in [9.17, 15) is 9.59 Å². The SMILES string of the molecule is O=C(CO[C@H]1CSC2(C1)CN(C(=O)[C@@H]1CCOC1)C2)N1CCCC1. The van der Waals surface area contributed by atoms with Crippen LogP contribution in [-0.2, 0) is 19.1 Å². The van der Waals surface area contributed by atoms with Crippen LogP contribution < -0.4 is 0 Å². The summed E-state index contributed by atoms with van der Waals surface area (Å²) in [5, 5.41) is 0. The van der Waals surface area contributed by atoms with Crippen LogP contribution in [0.2, 0.25) is 0 Å². The molecule has 0 saturated carbocycles. The molecule has 4 heterocycles. The first-order chi connectivity index (χ1) is 11.7. The fraction of sp³-hybridized carbons (Fsp3) is 0.882. The van der Waals surface area contributed by atoms with Gasteiger partial charge in [0.25, 0.3) is 0 Å². The van der Waals surface area contributed by atoms with Gasteiger partial charge >= 0.3 is 0 Å². The molecular weight excluding hydrogens is 328 g/mol. The summed E-state index contributed by atoms with van der Waals surface area (Å²) in [5.41, 5.74) is 0. The van der Waals surface area contributed by atoms with Gasteiger partial charge in [-0.2, -0.15) is 0 Å². The molecule has 7 heteroatoms. The van der Waals surface area contributed by atoms with Crippen molar-refractivity contribution >= 4 is 23.6 Å². The van der Waals surface area contributed by atoms with Crippen LogP contribution >= 0.6 is 11.8 Å². The van der Waals surface area contributed by atoms with Gasteiger partial charge in [0.15, 0.2) is 0 Å². The molecule has 2 amide bonds. The normalized spacial score (nSPS) is 31.7. The zero-order chi connectivity index (χ0) is 16.6. The lowest BCUT2D eigenvalue weighted by Crippen LogP contribution is -2.62. The molecule has 134 valence electrons. The lowest BCUT2D eigenvalue weighted by molar-refractivity contribution is -0.141. The molecule has 0 N–H and O–H groups in total. The van der Waals surface area contributed by atoms with Gasteiger partial charge < -0.3 is 19.3 Å². The second-order valence-corrected chi connectivity index (χ2v) is 8.96. The summed E-state index contributed by atoms with van der Waals surface area (Å²) < 4.78 is 11.4. The number of ether oxygens (including phenoxy) is 2. The molecule has 2 atom stereocenters. The maximum absolute atomic E-state index is 12.4. The van der Waals surface area contributed by atoms with Gasteiger partial charge in [0, 0.05) is 38.5 Å². The largest absolute Gasteiger partial charge is 0.381 e. The Morgan fingerprint density at radius 3 is 2.71 bits per heavy atom. The summed E-state index contributed by atoms with van der Waals surface area (Å²) in [4.78, 5) is 28.3. The number of likely N-dealkylation sites (tertiary alicyclic amines) is 2. The molecule has 0 radical (unpaired) electrons. The van der Waals surface area contributed by atoms with Crippen molar-refractivity contribution in [1.82, 2.24) is 9.80 Å². The van der Waals surface area contributed by atoms with Crippen LogP contribution in [0.15, 0.2) is 0 Å². The van der Waals surface area contributed by atoms with Crippen molar-refractivity contribution in [2.45, 2.75) is 36.5 Å². The fourth-order valence-corrected chi connectivity index (χ4v) is 5.72. The van der Waals surface area contributed by atoms with Crippen LogP contribution in [0.25, 0.3) is 0 Å². The quantitative estimate of drug-likeness (QED) is 0.746. The predicted octanol–water partition coefficient (Wildman–Crippen LogP) is 0.748. The number of hydrogen-bond acceptors (Lipinski definition) is 5. The summed E-state index contributed by atoms with van der Waals surface area (Å²) in [6.07, 6.45) is 4.19. The number of carbonyl (C=O) groups excluding carboxylic acids is 2. The number of nitrogens with zero attached hydrogens (tertiary/aromatic N) is 2. The Kier molecular flexibility index (Phi) is 4.75. The average molecular weight is 354 g/mol. The average Bonchev–Trinajstić information content (AvgIpc) is 3.31. The summed E-state index contributed by atoms with van der Waals surface area (Å²) in [6, 6.07) is 0. The highest BCUT2D eigenvalue weighted by molar-refractivity contribution is 8.01. The van der Waals surface area contributed by atoms with Crippen molar-refractivity contribution in [2.75, 3.05) is 51.8 Å². The van der Waals surface area contributed by atoms with Gasteiger partial charge in [-0.3, -0.25) is 9.59 Å². The van der Waals surface area contributed by atoms with Gasteiger partial charge in [0.2, 0.25) is 11.8 Å². The van der Waals surface area contributed by atoms with Crippen molar-refractivity contribution in [3.8, 4) is 0 Å². The standard InChI is InChI=1S/C17H26N2O4S/c20-15(18-4-1-2-5-18)9-23-14-7-17(24-10-14)11-19(12-17)16(21)13-3-6-22-8-13/h13-14H,1-12H2/t13-,14-/m1/s1. The summed E-state index contributed by atoms with van der Waals surface area (Å²) in [7, 11) is 0. The third-order valence-corrected chi connectivity index (χ3v) is 7.20. The van der Waals surface area contributed by atoms with Crippen LogP contribution in [0.1, 0.15) is 25.7 Å². The highest BCUT2D eigenvalue weighted by Crippen LogP contribution is 2.46. The second-order valence-electron chi connectivity index (χ2n) is 7.47. The van der Waals surface area contributed by atoms with Crippen LogP contribution in [0.5, 0.6) is 0 Å². The van der Waals surface area contributed by atoms with Crippen LogP contribution in [0.3, 0.4) is 0 Å². The van der Waals surface area contributed by atoms with E-state index >= 15 is 0 Å². The van der Waals surface area contributed by atoms with Gasteiger partial charge in [-0.05, 0) is 25.7 Å². The topological polar surface area (TPSA) is 59.1 Å². The molecule has 0 unspecified atom stereocenters. The van der Waals surface area contributed by atoms with Crippen molar-refractivity contribution in [3.05, 3.63) is 0 Å². The molecule has 4 aliphatic rings. The molecule has 4 aliphatic heterocycles. The Labute approximate surface area is 147 Å². The number of hydrogen-bond donors (Lipinski definition) is 0.